The van der Waals surface area contributed by atoms with Gasteiger partial charge in [0.25, 0.3) is 0 Å². The molecule has 0 bridgehead atoms. The van der Waals surface area contributed by atoms with Crippen molar-refractivity contribution in [3.8, 4) is 0 Å². The number of benzene rings is 1. The summed E-state index contributed by atoms with van der Waals surface area (Å²) in [6.45, 7) is 7.89. The quantitative estimate of drug-likeness (QED) is 0.628. The molecule has 0 heterocycles. The van der Waals surface area contributed by atoms with Crippen LogP contribution in [-0.4, -0.2) is 0 Å². The number of rotatable bonds is 5. The number of halogens is 1. The lowest BCUT2D eigenvalue weighted by Gasteiger charge is -2.08. The van der Waals surface area contributed by atoms with E-state index in [2.05, 4.69) is 44.7 Å². The summed E-state index contributed by atoms with van der Waals surface area (Å²) in [7, 11) is 0. The van der Waals surface area contributed by atoms with Crippen LogP contribution in [0.15, 0.2) is 59.7 Å². The zero-order valence-electron chi connectivity index (χ0n) is 10.5. The average Bonchev–Trinajstić information content (AvgIpc) is 2.35. The van der Waals surface area contributed by atoms with Gasteiger partial charge in [0.2, 0.25) is 0 Å². The van der Waals surface area contributed by atoms with Crippen LogP contribution in [0.1, 0.15) is 24.5 Å². The molecule has 0 aliphatic heterocycles. The van der Waals surface area contributed by atoms with Crippen LogP contribution in [0, 0.1) is 6.92 Å². The van der Waals surface area contributed by atoms with Gasteiger partial charge in [-0.25, -0.2) is 0 Å². The van der Waals surface area contributed by atoms with Crippen molar-refractivity contribution >= 4 is 11.6 Å². The van der Waals surface area contributed by atoms with Crippen molar-refractivity contribution in [3.05, 3.63) is 70.8 Å². The zero-order chi connectivity index (χ0) is 12.7. The van der Waals surface area contributed by atoms with Gasteiger partial charge in [-0.15, -0.1) is 0 Å². The molecule has 0 fully saturated rings. The van der Waals surface area contributed by atoms with E-state index in [4.69, 9.17) is 11.6 Å². The zero-order valence-corrected chi connectivity index (χ0v) is 11.3. The van der Waals surface area contributed by atoms with Gasteiger partial charge in [0.05, 0.1) is 0 Å². The number of hydrogen-bond donors (Lipinski definition) is 0. The minimum atomic E-state index is 0.865. The largest absolute Gasteiger partial charge is 0.0991 e. The minimum absolute atomic E-state index is 0.865. The molecular formula is C16H19Cl. The van der Waals surface area contributed by atoms with E-state index in [1.54, 1.807) is 6.08 Å². The van der Waals surface area contributed by atoms with E-state index in [1.807, 2.05) is 12.2 Å². The molecule has 0 amide bonds. The Kier molecular flexibility index (Phi) is 5.79. The van der Waals surface area contributed by atoms with Gasteiger partial charge in [0.15, 0.2) is 0 Å². The average molecular weight is 247 g/mol. The Bertz CT molecular complexity index is 439. The van der Waals surface area contributed by atoms with Gasteiger partial charge in [0.1, 0.15) is 0 Å². The molecule has 0 aliphatic carbocycles. The summed E-state index contributed by atoms with van der Waals surface area (Å²) in [5.41, 5.74) is 3.80. The highest BCUT2D eigenvalue weighted by atomic mass is 35.5. The minimum Gasteiger partial charge on any atom is -0.0991 e. The standard InChI is InChI=1S/C16H19Cl/c1-4-6-10-15(16(17)5-2)12-14-11-8-7-9-13(14)3/h4,6-11H,1,5,12H2,2-3H3/b10-6-,16-15-. The van der Waals surface area contributed by atoms with Crippen LogP contribution < -0.4 is 0 Å². The first-order valence-electron chi connectivity index (χ1n) is 5.90. The molecule has 0 unspecified atom stereocenters. The normalized spacial score (nSPS) is 12.6. The lowest BCUT2D eigenvalue weighted by molar-refractivity contribution is 1.09. The van der Waals surface area contributed by atoms with Gasteiger partial charge >= 0.3 is 0 Å². The van der Waals surface area contributed by atoms with Crippen LogP contribution in [-0.2, 0) is 6.42 Å². The summed E-state index contributed by atoms with van der Waals surface area (Å²) in [5, 5.41) is 0.923. The Morgan fingerprint density at radius 2 is 2.06 bits per heavy atom. The van der Waals surface area contributed by atoms with Crippen molar-refractivity contribution in [2.75, 3.05) is 0 Å². The van der Waals surface area contributed by atoms with E-state index >= 15 is 0 Å². The van der Waals surface area contributed by atoms with Crippen LogP contribution in [0.25, 0.3) is 0 Å². The molecule has 0 saturated heterocycles. The fourth-order valence-corrected chi connectivity index (χ4v) is 1.80. The molecule has 0 aliphatic rings. The Labute approximate surface area is 109 Å². The van der Waals surface area contributed by atoms with E-state index in [9.17, 15) is 0 Å². The Hall–Kier alpha value is -1.27. The number of hydrogen-bond acceptors (Lipinski definition) is 0. The highest BCUT2D eigenvalue weighted by Crippen LogP contribution is 2.21. The fourth-order valence-electron chi connectivity index (χ4n) is 1.67. The first kappa shape index (κ1) is 13.8. The molecule has 1 rings (SSSR count). The molecule has 0 saturated carbocycles. The number of allylic oxidation sites excluding steroid dienone is 5. The lowest BCUT2D eigenvalue weighted by Crippen LogP contribution is -1.93. The first-order valence-corrected chi connectivity index (χ1v) is 6.28. The van der Waals surface area contributed by atoms with E-state index in [1.165, 1.54) is 16.7 Å². The molecule has 1 heteroatoms. The predicted molar refractivity (Wildman–Crippen MR) is 77.4 cm³/mol. The van der Waals surface area contributed by atoms with Crippen molar-refractivity contribution in [1.29, 1.82) is 0 Å². The van der Waals surface area contributed by atoms with Gasteiger partial charge in [-0.3, -0.25) is 0 Å². The van der Waals surface area contributed by atoms with Gasteiger partial charge in [0, 0.05) is 5.03 Å². The van der Waals surface area contributed by atoms with Crippen LogP contribution in [0.2, 0.25) is 0 Å². The van der Waals surface area contributed by atoms with E-state index in [-0.39, 0.29) is 0 Å². The van der Waals surface area contributed by atoms with Gasteiger partial charge < -0.3 is 0 Å². The van der Waals surface area contributed by atoms with Crippen molar-refractivity contribution in [2.24, 2.45) is 0 Å². The van der Waals surface area contributed by atoms with E-state index < -0.39 is 0 Å². The molecule has 0 radical (unpaired) electrons. The molecule has 0 aromatic heterocycles. The molecule has 90 valence electrons. The molecule has 0 atom stereocenters. The second-order valence-corrected chi connectivity index (χ2v) is 4.44. The van der Waals surface area contributed by atoms with Crippen LogP contribution in [0.3, 0.4) is 0 Å². The summed E-state index contributed by atoms with van der Waals surface area (Å²) in [6.07, 6.45) is 7.50. The van der Waals surface area contributed by atoms with E-state index in [0.29, 0.717) is 0 Å². The molecule has 1 aromatic carbocycles. The summed E-state index contributed by atoms with van der Waals surface area (Å²) >= 11 is 6.26. The monoisotopic (exact) mass is 246 g/mol. The predicted octanol–water partition coefficient (Wildman–Crippen LogP) is 5.18. The summed E-state index contributed by atoms with van der Waals surface area (Å²) in [4.78, 5) is 0. The summed E-state index contributed by atoms with van der Waals surface area (Å²) in [6, 6.07) is 8.40. The van der Waals surface area contributed by atoms with Gasteiger partial charge in [-0.1, -0.05) is 67.6 Å². The lowest BCUT2D eigenvalue weighted by atomic mass is 9.99. The molecule has 17 heavy (non-hydrogen) atoms. The molecule has 1 aromatic rings. The summed E-state index contributed by atoms with van der Waals surface area (Å²) in [5.74, 6) is 0. The highest BCUT2D eigenvalue weighted by Gasteiger charge is 2.03. The van der Waals surface area contributed by atoms with Crippen molar-refractivity contribution < 1.29 is 0 Å². The van der Waals surface area contributed by atoms with Crippen LogP contribution in [0.5, 0.6) is 0 Å². The van der Waals surface area contributed by atoms with Crippen molar-refractivity contribution in [3.63, 3.8) is 0 Å². The fraction of sp³-hybridized carbons (Fsp3) is 0.250. The Balaban J connectivity index is 2.99. The third-order valence-electron chi connectivity index (χ3n) is 2.73. The topological polar surface area (TPSA) is 0 Å². The van der Waals surface area contributed by atoms with Crippen molar-refractivity contribution in [1.82, 2.24) is 0 Å². The smallest absolute Gasteiger partial charge is 0.0213 e. The van der Waals surface area contributed by atoms with Gasteiger partial charge in [-0.2, -0.15) is 0 Å². The first-order chi connectivity index (χ1) is 8.19. The third kappa shape index (κ3) is 4.24. The van der Waals surface area contributed by atoms with Crippen molar-refractivity contribution in [2.45, 2.75) is 26.7 Å². The second kappa shape index (κ2) is 7.13. The SMILES string of the molecule is C=C/C=C\C(Cc1ccccc1C)=C(\Cl)CC. The maximum atomic E-state index is 6.26. The molecule has 0 spiro atoms. The molecular weight excluding hydrogens is 228 g/mol. The Morgan fingerprint density at radius 1 is 1.35 bits per heavy atom. The molecule has 0 N–H and O–H groups in total. The summed E-state index contributed by atoms with van der Waals surface area (Å²) < 4.78 is 0. The van der Waals surface area contributed by atoms with Crippen LogP contribution in [0.4, 0.5) is 0 Å². The maximum Gasteiger partial charge on any atom is 0.0213 e. The third-order valence-corrected chi connectivity index (χ3v) is 3.24. The van der Waals surface area contributed by atoms with Crippen LogP contribution >= 0.6 is 11.6 Å². The van der Waals surface area contributed by atoms with Gasteiger partial charge in [-0.05, 0) is 36.5 Å². The maximum absolute atomic E-state index is 6.26. The second-order valence-electron chi connectivity index (χ2n) is 3.98. The van der Waals surface area contributed by atoms with E-state index in [0.717, 1.165) is 17.9 Å². The Morgan fingerprint density at radius 3 is 2.65 bits per heavy atom. The highest BCUT2D eigenvalue weighted by molar-refractivity contribution is 6.30. The number of aryl methyl sites for hydroxylation is 1. The molecule has 0 nitrogen and oxygen atoms in total.